The maximum absolute atomic E-state index is 12.7. The molecular weight excluding hydrogens is 260 g/mol. The summed E-state index contributed by atoms with van der Waals surface area (Å²) in [5.74, 6) is 0.442. The highest BCUT2D eigenvalue weighted by Gasteiger charge is 2.36. The largest absolute Gasteiger partial charge is 0.384 e. The number of benzene rings is 1. The first kappa shape index (κ1) is 12.9. The van der Waals surface area contributed by atoms with Crippen LogP contribution in [0, 0.1) is 5.92 Å². The van der Waals surface area contributed by atoms with Crippen LogP contribution < -0.4 is 5.32 Å². The Bertz CT molecular complexity index is 597. The Kier molecular flexibility index (Phi) is 3.06. The lowest BCUT2D eigenvalue weighted by Crippen LogP contribution is -2.34. The van der Waals surface area contributed by atoms with Crippen LogP contribution in [0.25, 0.3) is 0 Å². The average molecular weight is 280 g/mol. The Hall–Kier alpha value is -1.07. The van der Waals surface area contributed by atoms with E-state index in [1.165, 1.54) is 5.56 Å². The van der Waals surface area contributed by atoms with Crippen molar-refractivity contribution in [3.8, 4) is 0 Å². The molecule has 0 bridgehead atoms. The van der Waals surface area contributed by atoms with E-state index in [1.807, 2.05) is 13.0 Å². The molecule has 1 saturated heterocycles. The molecule has 0 saturated carbocycles. The van der Waals surface area contributed by atoms with Gasteiger partial charge >= 0.3 is 0 Å². The van der Waals surface area contributed by atoms with Crippen LogP contribution in [-0.2, 0) is 16.4 Å². The van der Waals surface area contributed by atoms with E-state index in [-0.39, 0.29) is 6.04 Å². The maximum Gasteiger partial charge on any atom is 0.243 e. The van der Waals surface area contributed by atoms with E-state index in [2.05, 4.69) is 12.2 Å². The summed E-state index contributed by atoms with van der Waals surface area (Å²) in [6.45, 7) is 5.63. The van der Waals surface area contributed by atoms with Crippen LogP contribution in [0.4, 0.5) is 5.69 Å². The summed E-state index contributed by atoms with van der Waals surface area (Å²) in [4.78, 5) is 0.418. The van der Waals surface area contributed by atoms with Crippen molar-refractivity contribution in [1.29, 1.82) is 0 Å². The lowest BCUT2D eigenvalue weighted by atomic mass is 10.1. The Labute approximate surface area is 114 Å². The van der Waals surface area contributed by atoms with Crippen molar-refractivity contribution in [2.24, 2.45) is 5.92 Å². The van der Waals surface area contributed by atoms with Gasteiger partial charge in [0, 0.05) is 24.8 Å². The highest BCUT2D eigenvalue weighted by molar-refractivity contribution is 7.89. The Morgan fingerprint density at radius 2 is 2.11 bits per heavy atom. The van der Waals surface area contributed by atoms with E-state index in [9.17, 15) is 8.42 Å². The Balaban J connectivity index is 1.96. The number of fused-ring (bicyclic) bond motifs is 1. The summed E-state index contributed by atoms with van der Waals surface area (Å²) >= 11 is 0. The molecule has 0 amide bonds. The molecule has 2 atom stereocenters. The molecule has 1 aromatic carbocycles. The average Bonchev–Trinajstić information content (AvgIpc) is 2.94. The summed E-state index contributed by atoms with van der Waals surface area (Å²) in [5, 5.41) is 3.24. The van der Waals surface area contributed by atoms with E-state index in [4.69, 9.17) is 0 Å². The monoisotopic (exact) mass is 280 g/mol. The second kappa shape index (κ2) is 4.49. The van der Waals surface area contributed by atoms with Gasteiger partial charge in [-0.2, -0.15) is 4.31 Å². The minimum Gasteiger partial charge on any atom is -0.384 e. The van der Waals surface area contributed by atoms with Gasteiger partial charge in [-0.05, 0) is 43.4 Å². The van der Waals surface area contributed by atoms with Crippen molar-refractivity contribution in [2.45, 2.75) is 37.6 Å². The zero-order chi connectivity index (χ0) is 13.6. The molecule has 4 nitrogen and oxygen atoms in total. The SMILES string of the molecule is CC1CC(C)N(S(=O)(=O)c2ccc3c(c2)NCC3)C1. The summed E-state index contributed by atoms with van der Waals surface area (Å²) in [6.07, 6.45) is 1.93. The minimum atomic E-state index is -3.35. The molecule has 1 aromatic rings. The molecule has 3 rings (SSSR count). The second-order valence-electron chi connectivity index (χ2n) is 5.76. The van der Waals surface area contributed by atoms with Crippen LogP contribution in [0.2, 0.25) is 0 Å². The van der Waals surface area contributed by atoms with Crippen LogP contribution in [0.1, 0.15) is 25.8 Å². The van der Waals surface area contributed by atoms with Crippen LogP contribution in [0.15, 0.2) is 23.1 Å². The second-order valence-corrected chi connectivity index (χ2v) is 7.65. The van der Waals surface area contributed by atoms with Gasteiger partial charge in [-0.25, -0.2) is 8.42 Å². The maximum atomic E-state index is 12.7. The molecule has 0 aromatic heterocycles. The topological polar surface area (TPSA) is 49.4 Å². The minimum absolute atomic E-state index is 0.0983. The fourth-order valence-electron chi connectivity index (χ4n) is 3.16. The van der Waals surface area contributed by atoms with E-state index in [1.54, 1.807) is 16.4 Å². The molecule has 0 aliphatic carbocycles. The van der Waals surface area contributed by atoms with Crippen molar-refractivity contribution in [1.82, 2.24) is 4.31 Å². The van der Waals surface area contributed by atoms with Crippen LogP contribution in [0.5, 0.6) is 0 Å². The van der Waals surface area contributed by atoms with Gasteiger partial charge in [0.1, 0.15) is 0 Å². The van der Waals surface area contributed by atoms with E-state index >= 15 is 0 Å². The summed E-state index contributed by atoms with van der Waals surface area (Å²) in [6, 6.07) is 5.57. The van der Waals surface area contributed by atoms with Gasteiger partial charge in [-0.15, -0.1) is 0 Å². The van der Waals surface area contributed by atoms with Crippen LogP contribution in [0.3, 0.4) is 0 Å². The van der Waals surface area contributed by atoms with Crippen LogP contribution >= 0.6 is 0 Å². The van der Waals surface area contributed by atoms with E-state index < -0.39 is 10.0 Å². The third kappa shape index (κ3) is 2.15. The first-order chi connectivity index (χ1) is 8.98. The molecule has 2 unspecified atom stereocenters. The number of nitrogens with zero attached hydrogens (tertiary/aromatic N) is 1. The summed E-state index contributed by atoms with van der Waals surface area (Å²) in [7, 11) is -3.35. The van der Waals surface area contributed by atoms with Gasteiger partial charge in [0.15, 0.2) is 0 Å². The van der Waals surface area contributed by atoms with Gasteiger partial charge in [0.2, 0.25) is 10.0 Å². The van der Waals surface area contributed by atoms with Gasteiger partial charge in [-0.1, -0.05) is 13.0 Å². The number of hydrogen-bond donors (Lipinski definition) is 1. The number of hydrogen-bond acceptors (Lipinski definition) is 3. The van der Waals surface area contributed by atoms with E-state index in [0.717, 1.165) is 25.1 Å². The Morgan fingerprint density at radius 1 is 1.32 bits per heavy atom. The van der Waals surface area contributed by atoms with Crippen molar-refractivity contribution in [3.63, 3.8) is 0 Å². The zero-order valence-electron chi connectivity index (χ0n) is 11.4. The fraction of sp³-hybridized carbons (Fsp3) is 0.571. The fourth-order valence-corrected chi connectivity index (χ4v) is 4.95. The van der Waals surface area contributed by atoms with Crippen molar-refractivity contribution >= 4 is 15.7 Å². The number of sulfonamides is 1. The van der Waals surface area contributed by atoms with Gasteiger partial charge in [-0.3, -0.25) is 0 Å². The smallest absolute Gasteiger partial charge is 0.243 e. The lowest BCUT2D eigenvalue weighted by Gasteiger charge is -2.21. The molecule has 1 N–H and O–H groups in total. The first-order valence-electron chi connectivity index (χ1n) is 6.87. The van der Waals surface area contributed by atoms with Crippen molar-refractivity contribution < 1.29 is 8.42 Å². The molecular formula is C14H20N2O2S. The van der Waals surface area contributed by atoms with Gasteiger partial charge < -0.3 is 5.32 Å². The molecule has 5 heteroatoms. The zero-order valence-corrected chi connectivity index (χ0v) is 12.2. The summed E-state index contributed by atoms with van der Waals surface area (Å²) < 4.78 is 27.0. The van der Waals surface area contributed by atoms with Gasteiger partial charge in [0.05, 0.1) is 4.90 Å². The van der Waals surface area contributed by atoms with Crippen LogP contribution in [-0.4, -0.2) is 31.9 Å². The summed E-state index contributed by atoms with van der Waals surface area (Å²) in [5.41, 5.74) is 2.18. The molecule has 19 heavy (non-hydrogen) atoms. The lowest BCUT2D eigenvalue weighted by molar-refractivity contribution is 0.405. The highest BCUT2D eigenvalue weighted by Crippen LogP contribution is 2.32. The number of nitrogens with one attached hydrogen (secondary N) is 1. The third-order valence-electron chi connectivity index (χ3n) is 4.12. The first-order valence-corrected chi connectivity index (χ1v) is 8.31. The van der Waals surface area contributed by atoms with Gasteiger partial charge in [0.25, 0.3) is 0 Å². The molecule has 2 heterocycles. The quantitative estimate of drug-likeness (QED) is 0.902. The predicted molar refractivity (Wildman–Crippen MR) is 75.8 cm³/mol. The molecule has 2 aliphatic rings. The van der Waals surface area contributed by atoms with Crippen molar-refractivity contribution in [3.05, 3.63) is 23.8 Å². The van der Waals surface area contributed by atoms with Crippen molar-refractivity contribution in [2.75, 3.05) is 18.4 Å². The molecule has 0 spiro atoms. The predicted octanol–water partition coefficient (Wildman–Crippen LogP) is 2.07. The Morgan fingerprint density at radius 3 is 2.79 bits per heavy atom. The normalized spacial score (nSPS) is 27.3. The molecule has 2 aliphatic heterocycles. The highest BCUT2D eigenvalue weighted by atomic mass is 32.2. The number of rotatable bonds is 2. The molecule has 104 valence electrons. The van der Waals surface area contributed by atoms with E-state index in [0.29, 0.717) is 17.4 Å². The molecule has 0 radical (unpaired) electrons. The molecule has 1 fully saturated rings. The third-order valence-corrected chi connectivity index (χ3v) is 6.10. The number of anilines is 1. The standard InChI is InChI=1S/C14H20N2O2S/c1-10-7-11(2)16(9-10)19(17,18)13-4-3-12-5-6-15-14(12)8-13/h3-4,8,10-11,15H,5-7,9H2,1-2H3.